The number of benzene rings is 8. The van der Waals surface area contributed by atoms with E-state index in [1.165, 1.54) is 0 Å². The van der Waals surface area contributed by atoms with E-state index in [0.29, 0.717) is 22.7 Å². The zero-order valence-corrected chi connectivity index (χ0v) is 29.7. The molecule has 4 aromatic heterocycles. The second kappa shape index (κ2) is 12.8. The van der Waals surface area contributed by atoms with E-state index in [1.807, 2.05) is 0 Å². The monoisotopic (exact) mass is 792 g/mol. The molecule has 4 heterocycles. The molecule has 12 aromatic rings. The van der Waals surface area contributed by atoms with Gasteiger partial charge in [-0.25, -0.2) is 15.0 Å². The Balaban J connectivity index is 1.29. The molecule has 0 amide bonds. The summed E-state index contributed by atoms with van der Waals surface area (Å²) in [4.78, 5) is 13.2. The van der Waals surface area contributed by atoms with Gasteiger partial charge in [0.15, 0.2) is 17.5 Å². The van der Waals surface area contributed by atoms with Gasteiger partial charge in [0, 0.05) is 67.8 Å². The van der Waals surface area contributed by atoms with Crippen LogP contribution in [0.15, 0.2) is 180 Å². The maximum atomic E-state index is 10.3. The molecule has 0 spiro atoms. The molecular formula is C51H29N3OS2. The Hall–Kier alpha value is -6.99. The lowest BCUT2D eigenvalue weighted by Crippen LogP contribution is -2.00. The zero-order chi connectivity index (χ0) is 62.7. The van der Waals surface area contributed by atoms with Gasteiger partial charge in [-0.1, -0.05) is 127 Å². The van der Waals surface area contributed by atoms with Crippen molar-refractivity contribution in [2.75, 3.05) is 0 Å². The summed E-state index contributed by atoms with van der Waals surface area (Å²) < 4.78 is 265. The van der Waals surface area contributed by atoms with Crippen molar-refractivity contribution >= 4 is 85.0 Å². The molecule has 0 atom stereocenters. The summed E-state index contributed by atoms with van der Waals surface area (Å²) in [7, 11) is 0. The predicted octanol–water partition coefficient (Wildman–Crippen LogP) is 14.8. The summed E-state index contributed by atoms with van der Waals surface area (Å²) in [6.07, 6.45) is 0. The number of nitrogens with zero attached hydrogens (tertiary/aromatic N) is 3. The van der Waals surface area contributed by atoms with Gasteiger partial charge in [0.2, 0.25) is 0 Å². The Morgan fingerprint density at radius 3 is 1.79 bits per heavy atom. The number of furan rings is 1. The van der Waals surface area contributed by atoms with Crippen LogP contribution in [0.25, 0.3) is 119 Å². The predicted molar refractivity (Wildman–Crippen MR) is 240 cm³/mol. The number of fused-ring (bicyclic) bond motifs is 9. The fourth-order valence-corrected chi connectivity index (χ4v) is 8.61. The maximum Gasteiger partial charge on any atom is 0.165 e. The van der Waals surface area contributed by atoms with Gasteiger partial charge in [-0.05, 0) is 70.6 Å². The SMILES string of the molecule is [2H]c1c([2H])c([2H])c(-c2nc(-c3c([2H])c([2H])c([2H])c([2H])c3[2H])nc(-c3c([2H])c([2H])c([2H])c4c3sc3c([2H])c([2H])c([2H])c(-c5c([2H])c(-c6c([2H])c([2H])c7oc8c([2H])c([2H])c([2H])c([2H])c8c7c6[2H])c([2H])c6sc7c([2H])c([2H])c([2H])c([2H])c7c56)c34)n2)c([2H])c1[2H]. The normalized spacial score (nSPS) is 19.0. The van der Waals surface area contributed by atoms with Gasteiger partial charge < -0.3 is 4.42 Å². The van der Waals surface area contributed by atoms with Crippen molar-refractivity contribution in [1.29, 1.82) is 0 Å². The second-order valence-corrected chi connectivity index (χ2v) is 14.1. The summed E-state index contributed by atoms with van der Waals surface area (Å²) in [5.74, 6) is -2.28. The Bertz CT molecular complexity index is 5100. The van der Waals surface area contributed by atoms with E-state index in [-0.39, 0.29) is 29.6 Å². The first-order valence-electron chi connectivity index (χ1n) is 31.1. The molecule has 0 radical (unpaired) electrons. The van der Waals surface area contributed by atoms with Crippen molar-refractivity contribution in [3.05, 3.63) is 175 Å². The third-order valence-corrected chi connectivity index (χ3v) is 11.0. The van der Waals surface area contributed by atoms with Crippen molar-refractivity contribution in [3.8, 4) is 56.4 Å². The lowest BCUT2D eigenvalue weighted by atomic mass is 9.91. The first-order valence-corrected chi connectivity index (χ1v) is 18.2. The fraction of sp³-hybridized carbons (Fsp3) is 0. The Labute approximate surface area is 375 Å². The molecule has 57 heavy (non-hydrogen) atoms. The topological polar surface area (TPSA) is 51.8 Å². The fourth-order valence-electron chi connectivity index (χ4n) is 6.48. The second-order valence-electron chi connectivity index (χ2n) is 12.1. The van der Waals surface area contributed by atoms with Gasteiger partial charge in [0.05, 0.1) is 39.8 Å². The van der Waals surface area contributed by atoms with Crippen molar-refractivity contribution in [2.24, 2.45) is 0 Å². The van der Waals surface area contributed by atoms with E-state index in [4.69, 9.17) is 27.7 Å². The van der Waals surface area contributed by atoms with Gasteiger partial charge >= 0.3 is 0 Å². The lowest BCUT2D eigenvalue weighted by molar-refractivity contribution is 0.669. The minimum absolute atomic E-state index is 0.209. The van der Waals surface area contributed by atoms with E-state index < -0.39 is 264 Å². The standard InChI is InChI=1S/C51H29N3OS2/c1-3-13-30(14-4-1)49-52-50(31-15-5-2-6-16-31)54-51(53-49)38-21-11-20-37-46-35(19-12-24-44(46)57-48(37)38)40-28-33(29-45-47(40)36-18-8-10-23-43(36)56-45)32-25-26-42-39(27-32)34-17-7-9-22-41(34)55-42/h1-29H/i1D,2D,3D,4D,5D,6D,7D,8D,9D,10D,11D,12D,13D,14D,15D,16D,17D,18D,19D,20D,21D,22D,23D,24D,25D,26D,27D,28D,29D. The van der Waals surface area contributed by atoms with Crippen molar-refractivity contribution in [2.45, 2.75) is 0 Å². The van der Waals surface area contributed by atoms with Crippen LogP contribution in [0.1, 0.15) is 39.8 Å². The van der Waals surface area contributed by atoms with Gasteiger partial charge in [0.1, 0.15) is 11.2 Å². The van der Waals surface area contributed by atoms with E-state index in [9.17, 15) is 16.4 Å². The number of aromatic nitrogens is 3. The largest absolute Gasteiger partial charge is 0.456 e. The molecule has 0 bridgehead atoms. The summed E-state index contributed by atoms with van der Waals surface area (Å²) in [6, 6.07) is -23.6. The van der Waals surface area contributed by atoms with Crippen LogP contribution in [0.3, 0.4) is 0 Å². The summed E-state index contributed by atoms with van der Waals surface area (Å²) in [6.45, 7) is 0. The number of thiophene rings is 2. The molecule has 12 rings (SSSR count). The van der Waals surface area contributed by atoms with E-state index in [0.717, 1.165) is 0 Å². The van der Waals surface area contributed by atoms with Crippen LogP contribution in [0.4, 0.5) is 0 Å². The number of hydrogen-bond acceptors (Lipinski definition) is 6. The lowest BCUT2D eigenvalue weighted by Gasteiger charge is -2.12. The van der Waals surface area contributed by atoms with Crippen LogP contribution in [0, 0.1) is 0 Å². The van der Waals surface area contributed by atoms with Crippen LogP contribution < -0.4 is 0 Å². The zero-order valence-electron chi connectivity index (χ0n) is 57.1. The van der Waals surface area contributed by atoms with Crippen LogP contribution in [0.2, 0.25) is 0 Å². The van der Waals surface area contributed by atoms with Gasteiger partial charge in [-0.2, -0.15) is 0 Å². The molecule has 0 aliphatic carbocycles. The Kier molecular flexibility index (Phi) is 3.32. The Morgan fingerprint density at radius 1 is 0.368 bits per heavy atom. The third kappa shape index (κ3) is 5.22. The third-order valence-electron chi connectivity index (χ3n) is 8.89. The molecule has 0 aliphatic rings. The molecule has 0 saturated carbocycles. The summed E-state index contributed by atoms with van der Waals surface area (Å²) in [5, 5.41) is -2.32. The van der Waals surface area contributed by atoms with Crippen LogP contribution in [-0.4, -0.2) is 15.0 Å². The highest BCUT2D eigenvalue weighted by Gasteiger charge is 2.21. The van der Waals surface area contributed by atoms with Crippen LogP contribution in [-0.2, 0) is 0 Å². The number of hydrogen-bond donors (Lipinski definition) is 0. The molecule has 8 aromatic carbocycles. The molecular weight excluding hydrogens is 735 g/mol. The van der Waals surface area contributed by atoms with Crippen molar-refractivity contribution in [1.82, 2.24) is 15.0 Å². The minimum atomic E-state index is -0.937. The van der Waals surface area contributed by atoms with Gasteiger partial charge in [-0.3, -0.25) is 0 Å². The van der Waals surface area contributed by atoms with Crippen molar-refractivity contribution < 1.29 is 44.2 Å². The molecule has 0 saturated heterocycles. The summed E-state index contributed by atoms with van der Waals surface area (Å²) in [5.41, 5.74) is -5.45. The first kappa shape index (κ1) is 14.8. The molecule has 4 nitrogen and oxygen atoms in total. The quantitative estimate of drug-likeness (QED) is 0.174. The molecule has 266 valence electrons. The summed E-state index contributed by atoms with van der Waals surface area (Å²) >= 11 is 1.15. The average Bonchev–Trinajstić information content (AvgIpc) is 1.53. The molecule has 0 N–H and O–H groups in total. The Morgan fingerprint density at radius 2 is 0.982 bits per heavy atom. The first-order chi connectivity index (χ1) is 40.3. The average molecular weight is 793 g/mol. The van der Waals surface area contributed by atoms with E-state index in [1.54, 1.807) is 0 Å². The van der Waals surface area contributed by atoms with Crippen LogP contribution in [0.5, 0.6) is 0 Å². The highest BCUT2D eigenvalue weighted by molar-refractivity contribution is 7.26. The van der Waals surface area contributed by atoms with E-state index in [2.05, 4.69) is 15.0 Å². The number of rotatable bonds is 5. The van der Waals surface area contributed by atoms with Crippen LogP contribution >= 0.6 is 22.7 Å². The molecule has 6 heteroatoms. The highest BCUT2D eigenvalue weighted by Crippen LogP contribution is 2.48. The number of para-hydroxylation sites is 1. The van der Waals surface area contributed by atoms with Crippen molar-refractivity contribution in [3.63, 3.8) is 0 Å². The maximum absolute atomic E-state index is 10.3. The molecule has 0 unspecified atom stereocenters. The van der Waals surface area contributed by atoms with E-state index >= 15 is 0 Å². The van der Waals surface area contributed by atoms with Gasteiger partial charge in [-0.15, -0.1) is 22.7 Å². The minimum Gasteiger partial charge on any atom is -0.456 e. The highest BCUT2D eigenvalue weighted by atomic mass is 32.1. The van der Waals surface area contributed by atoms with Gasteiger partial charge in [0.25, 0.3) is 0 Å². The smallest absolute Gasteiger partial charge is 0.165 e. The molecule has 0 aliphatic heterocycles. The molecule has 0 fully saturated rings.